The summed E-state index contributed by atoms with van der Waals surface area (Å²) in [5, 5.41) is 0. The first-order chi connectivity index (χ1) is 16.7. The zero-order chi connectivity index (χ0) is 26.6. The number of amides is 1. The molecule has 3 rings (SSSR count). The van der Waals surface area contributed by atoms with Crippen LogP contribution in [-0.2, 0) is 0 Å². The summed E-state index contributed by atoms with van der Waals surface area (Å²) in [6, 6.07) is 3.82. The minimum absolute atomic E-state index is 0.0193. The number of alkyl halides is 2. The van der Waals surface area contributed by atoms with E-state index in [2.05, 4.69) is 24.5 Å². The predicted octanol–water partition coefficient (Wildman–Crippen LogP) is 8.25. The van der Waals surface area contributed by atoms with Gasteiger partial charge in [0.15, 0.2) is 0 Å². The summed E-state index contributed by atoms with van der Waals surface area (Å²) in [6.45, 7) is 15.3. The van der Waals surface area contributed by atoms with Crippen LogP contribution in [0.3, 0.4) is 0 Å². The molecule has 0 radical (unpaired) electrons. The highest BCUT2D eigenvalue weighted by molar-refractivity contribution is 5.95. The van der Waals surface area contributed by atoms with Gasteiger partial charge in [0.2, 0.25) is 0 Å². The third kappa shape index (κ3) is 9.03. The Hall–Kier alpha value is -2.27. The maximum Gasteiger partial charge on any atom is 0.306 e. The van der Waals surface area contributed by atoms with Crippen LogP contribution in [0, 0.1) is 5.92 Å². The highest BCUT2D eigenvalue weighted by atomic mass is 19.3. The molecule has 0 heterocycles. The van der Waals surface area contributed by atoms with Crippen molar-refractivity contribution in [2.24, 2.45) is 11.7 Å². The van der Waals surface area contributed by atoms with E-state index < -0.39 is 12.0 Å². The molecule has 2 N–H and O–H groups in total. The maximum absolute atomic E-state index is 13.4. The summed E-state index contributed by atoms with van der Waals surface area (Å²) in [6.07, 6.45) is 14.1. The Labute approximate surface area is 212 Å². The molecule has 1 aromatic carbocycles. The zero-order valence-electron chi connectivity index (χ0n) is 22.6. The van der Waals surface area contributed by atoms with E-state index in [4.69, 9.17) is 5.73 Å². The monoisotopic (exact) mass is 488 g/mol. The molecule has 3 nitrogen and oxygen atoms in total. The topological polar surface area (TPSA) is 46.3 Å². The lowest BCUT2D eigenvalue weighted by Gasteiger charge is -2.37. The van der Waals surface area contributed by atoms with Gasteiger partial charge in [0.05, 0.1) is 5.92 Å². The molecule has 2 aliphatic carbocycles. The molecule has 5 heteroatoms. The van der Waals surface area contributed by atoms with Crippen molar-refractivity contribution in [3.05, 3.63) is 71.8 Å². The average Bonchev–Trinajstić information content (AvgIpc) is 3.71. The van der Waals surface area contributed by atoms with Crippen molar-refractivity contribution in [2.45, 2.75) is 104 Å². The van der Waals surface area contributed by atoms with Gasteiger partial charge >= 0.3 is 6.05 Å². The van der Waals surface area contributed by atoms with E-state index in [9.17, 15) is 13.6 Å². The first kappa shape index (κ1) is 30.8. The standard InChI is InChI=1S/C26H34F2N2O.2C2H6/c1-4-5-6-7-18(2)20-12-14-23(15-13-20)30(24-16-17-24)25(31)22-10-8-21(9-11-22)19(3)26(27,28)29;2*1-2/h4-11,19-20,23-24H,1,12-17,29H2,2-3H3;2*1-2H3/b6-5-,18-7+;;. The van der Waals surface area contributed by atoms with Gasteiger partial charge in [-0.1, -0.05) is 83.2 Å². The number of hydrogen-bond donors (Lipinski definition) is 1. The lowest BCUT2D eigenvalue weighted by molar-refractivity contribution is -0.0156. The van der Waals surface area contributed by atoms with Gasteiger partial charge < -0.3 is 4.90 Å². The molecule has 2 fully saturated rings. The van der Waals surface area contributed by atoms with E-state index >= 15 is 0 Å². The van der Waals surface area contributed by atoms with Crippen LogP contribution >= 0.6 is 0 Å². The molecular formula is C30H46F2N2O. The Morgan fingerprint density at radius 3 is 1.91 bits per heavy atom. The van der Waals surface area contributed by atoms with Gasteiger partial charge in [0, 0.05) is 17.6 Å². The fourth-order valence-corrected chi connectivity index (χ4v) is 4.50. The lowest BCUT2D eigenvalue weighted by atomic mass is 9.81. The highest BCUT2D eigenvalue weighted by Crippen LogP contribution is 2.38. The van der Waals surface area contributed by atoms with Crippen LogP contribution in [0.15, 0.2) is 60.7 Å². The van der Waals surface area contributed by atoms with Crippen LogP contribution in [0.2, 0.25) is 0 Å². The molecule has 2 aliphatic rings. The molecular weight excluding hydrogens is 442 g/mol. The summed E-state index contributed by atoms with van der Waals surface area (Å²) < 4.78 is 26.8. The number of halogens is 2. The molecule has 1 atom stereocenters. The number of carbonyl (C=O) groups excluding carboxylic acids is 1. The van der Waals surface area contributed by atoms with E-state index in [0.29, 0.717) is 23.1 Å². The fourth-order valence-electron chi connectivity index (χ4n) is 4.50. The van der Waals surface area contributed by atoms with Crippen molar-refractivity contribution in [1.82, 2.24) is 4.90 Å². The van der Waals surface area contributed by atoms with E-state index in [1.165, 1.54) is 12.5 Å². The number of hydrogen-bond acceptors (Lipinski definition) is 2. The van der Waals surface area contributed by atoms with Gasteiger partial charge in [0.1, 0.15) is 0 Å². The lowest BCUT2D eigenvalue weighted by Crippen LogP contribution is -2.44. The Balaban J connectivity index is 0.00000145. The van der Waals surface area contributed by atoms with E-state index in [1.807, 2.05) is 39.8 Å². The van der Waals surface area contributed by atoms with E-state index in [1.54, 1.807) is 30.3 Å². The third-order valence-electron chi connectivity index (χ3n) is 6.75. The Morgan fingerprint density at radius 2 is 1.49 bits per heavy atom. The van der Waals surface area contributed by atoms with Crippen molar-refractivity contribution in [2.75, 3.05) is 0 Å². The number of nitrogens with zero attached hydrogens (tertiary/aromatic N) is 1. The van der Waals surface area contributed by atoms with Gasteiger partial charge in [-0.3, -0.25) is 10.5 Å². The van der Waals surface area contributed by atoms with Crippen LogP contribution in [0.1, 0.15) is 102 Å². The highest BCUT2D eigenvalue weighted by Gasteiger charge is 2.39. The molecule has 2 saturated carbocycles. The van der Waals surface area contributed by atoms with Gasteiger partial charge in [-0.15, -0.1) is 0 Å². The molecule has 1 unspecified atom stereocenters. The number of nitrogens with two attached hydrogens (primary N) is 1. The summed E-state index contributed by atoms with van der Waals surface area (Å²) in [7, 11) is 0. The molecule has 35 heavy (non-hydrogen) atoms. The second-order valence-electron chi connectivity index (χ2n) is 9.00. The molecule has 1 amide bonds. The van der Waals surface area contributed by atoms with Crippen LogP contribution in [-0.4, -0.2) is 28.9 Å². The van der Waals surface area contributed by atoms with Crippen molar-refractivity contribution in [1.29, 1.82) is 0 Å². The van der Waals surface area contributed by atoms with Crippen molar-refractivity contribution >= 4 is 5.91 Å². The van der Waals surface area contributed by atoms with Crippen molar-refractivity contribution in [3.63, 3.8) is 0 Å². The van der Waals surface area contributed by atoms with Crippen LogP contribution < -0.4 is 5.73 Å². The van der Waals surface area contributed by atoms with Crippen LogP contribution in [0.5, 0.6) is 0 Å². The first-order valence-electron chi connectivity index (χ1n) is 13.3. The number of allylic oxidation sites excluding steroid dienone is 5. The maximum atomic E-state index is 13.4. The fraction of sp³-hybridized carbons (Fsp3) is 0.567. The summed E-state index contributed by atoms with van der Waals surface area (Å²) in [5.74, 6) is -0.518. The summed E-state index contributed by atoms with van der Waals surface area (Å²) in [5.41, 5.74) is 7.33. The molecule has 1 aromatic rings. The number of benzene rings is 1. The Kier molecular flexibility index (Phi) is 13.2. The second-order valence-corrected chi connectivity index (χ2v) is 9.00. The van der Waals surface area contributed by atoms with Crippen molar-refractivity contribution < 1.29 is 13.6 Å². The molecule has 0 bridgehead atoms. The third-order valence-corrected chi connectivity index (χ3v) is 6.75. The molecule has 0 saturated heterocycles. The molecule has 196 valence electrons. The molecule has 0 spiro atoms. The summed E-state index contributed by atoms with van der Waals surface area (Å²) in [4.78, 5) is 15.4. The largest absolute Gasteiger partial charge is 0.333 e. The number of rotatable bonds is 8. The minimum atomic E-state index is -3.28. The van der Waals surface area contributed by atoms with Gasteiger partial charge in [-0.2, -0.15) is 8.78 Å². The normalized spacial score (nSPS) is 21.2. The zero-order valence-corrected chi connectivity index (χ0v) is 22.6. The molecule has 0 aliphatic heterocycles. The quantitative estimate of drug-likeness (QED) is 0.296. The first-order valence-corrected chi connectivity index (χ1v) is 13.3. The second kappa shape index (κ2) is 15.0. The smallest absolute Gasteiger partial charge is 0.306 e. The van der Waals surface area contributed by atoms with E-state index in [-0.39, 0.29) is 11.9 Å². The van der Waals surface area contributed by atoms with Crippen LogP contribution in [0.4, 0.5) is 8.78 Å². The van der Waals surface area contributed by atoms with Gasteiger partial charge in [-0.05, 0) is 69.1 Å². The van der Waals surface area contributed by atoms with Crippen LogP contribution in [0.25, 0.3) is 0 Å². The Morgan fingerprint density at radius 1 is 1.00 bits per heavy atom. The molecule has 0 aromatic heterocycles. The summed E-state index contributed by atoms with van der Waals surface area (Å²) >= 11 is 0. The number of carbonyl (C=O) groups is 1. The van der Waals surface area contributed by atoms with E-state index in [0.717, 1.165) is 38.5 Å². The Bertz CT molecular complexity index is 827. The SMILES string of the molecule is C=C/C=C\C=C(/C)C1CCC(N(C(=O)c2ccc(C(C)C(N)(F)F)cc2)C2CC2)CC1.CC.CC. The predicted molar refractivity (Wildman–Crippen MR) is 145 cm³/mol. The minimum Gasteiger partial charge on any atom is -0.333 e. The average molecular weight is 489 g/mol. The van der Waals surface area contributed by atoms with Gasteiger partial charge in [0.25, 0.3) is 5.91 Å². The van der Waals surface area contributed by atoms with Crippen molar-refractivity contribution in [3.8, 4) is 0 Å². The van der Waals surface area contributed by atoms with Gasteiger partial charge in [-0.25, -0.2) is 0 Å².